The number of aryl methyl sites for hydroxylation is 1. The predicted octanol–water partition coefficient (Wildman–Crippen LogP) is 3.41. The molecule has 20 heavy (non-hydrogen) atoms. The smallest absolute Gasteiger partial charge is 0.263 e. The van der Waals surface area contributed by atoms with E-state index >= 15 is 0 Å². The SMILES string of the molecule is CCCCc1nnc(NC(=O)c2c(F)cccc2F)s1. The largest absolute Gasteiger partial charge is 0.296 e. The van der Waals surface area contributed by atoms with Gasteiger partial charge in [-0.3, -0.25) is 10.1 Å². The first-order valence-electron chi connectivity index (χ1n) is 6.19. The van der Waals surface area contributed by atoms with Crippen LogP contribution in [0, 0.1) is 11.6 Å². The Balaban J connectivity index is 2.10. The minimum atomic E-state index is -0.904. The molecule has 0 saturated heterocycles. The number of rotatable bonds is 5. The highest BCUT2D eigenvalue weighted by atomic mass is 32.1. The zero-order valence-corrected chi connectivity index (χ0v) is 11.6. The van der Waals surface area contributed by atoms with E-state index in [1.807, 2.05) is 0 Å². The summed E-state index contributed by atoms with van der Waals surface area (Å²) >= 11 is 1.21. The van der Waals surface area contributed by atoms with Crippen LogP contribution in [0.1, 0.15) is 35.1 Å². The Morgan fingerprint density at radius 1 is 1.30 bits per heavy atom. The van der Waals surface area contributed by atoms with E-state index in [0.717, 1.165) is 36.4 Å². The molecule has 0 unspecified atom stereocenters. The number of halogens is 2. The van der Waals surface area contributed by atoms with Gasteiger partial charge >= 0.3 is 0 Å². The summed E-state index contributed by atoms with van der Waals surface area (Å²) in [5.74, 6) is -2.67. The maximum atomic E-state index is 13.4. The highest BCUT2D eigenvalue weighted by Crippen LogP contribution is 2.19. The molecule has 0 fully saturated rings. The van der Waals surface area contributed by atoms with Crippen molar-refractivity contribution in [1.29, 1.82) is 0 Å². The van der Waals surface area contributed by atoms with Crippen molar-refractivity contribution in [2.45, 2.75) is 26.2 Å². The molecule has 1 aromatic carbocycles. The van der Waals surface area contributed by atoms with Gasteiger partial charge in [0.1, 0.15) is 22.2 Å². The Morgan fingerprint density at radius 3 is 2.65 bits per heavy atom. The van der Waals surface area contributed by atoms with Gasteiger partial charge in [-0.2, -0.15) is 0 Å². The number of hydrogen-bond donors (Lipinski definition) is 1. The van der Waals surface area contributed by atoms with E-state index in [4.69, 9.17) is 0 Å². The predicted molar refractivity (Wildman–Crippen MR) is 72.8 cm³/mol. The van der Waals surface area contributed by atoms with E-state index in [1.54, 1.807) is 0 Å². The summed E-state index contributed by atoms with van der Waals surface area (Å²) in [5.41, 5.74) is -0.613. The van der Waals surface area contributed by atoms with Crippen LogP contribution in [0.25, 0.3) is 0 Å². The Hall–Kier alpha value is -1.89. The number of nitrogens with one attached hydrogen (secondary N) is 1. The van der Waals surface area contributed by atoms with Gasteiger partial charge in [0.05, 0.1) is 0 Å². The van der Waals surface area contributed by atoms with Crippen LogP contribution < -0.4 is 5.32 Å². The summed E-state index contributed by atoms with van der Waals surface area (Å²) in [6, 6.07) is 3.27. The van der Waals surface area contributed by atoms with Crippen LogP contribution in [0.3, 0.4) is 0 Å². The summed E-state index contributed by atoms with van der Waals surface area (Å²) in [7, 11) is 0. The van der Waals surface area contributed by atoms with E-state index in [-0.39, 0.29) is 5.13 Å². The van der Waals surface area contributed by atoms with Gasteiger partial charge in [0.2, 0.25) is 5.13 Å². The molecule has 2 aromatic rings. The lowest BCUT2D eigenvalue weighted by Crippen LogP contribution is -2.15. The second-order valence-electron chi connectivity index (χ2n) is 4.16. The molecular weight excluding hydrogens is 284 g/mol. The first-order valence-corrected chi connectivity index (χ1v) is 7.01. The second kappa shape index (κ2) is 6.51. The maximum Gasteiger partial charge on any atom is 0.263 e. The lowest BCUT2D eigenvalue weighted by molar-refractivity contribution is 0.101. The third kappa shape index (κ3) is 3.36. The fraction of sp³-hybridized carbons (Fsp3) is 0.308. The van der Waals surface area contributed by atoms with Crippen LogP contribution in [-0.2, 0) is 6.42 Å². The first kappa shape index (κ1) is 14.5. The van der Waals surface area contributed by atoms with Crippen molar-refractivity contribution in [3.63, 3.8) is 0 Å². The van der Waals surface area contributed by atoms with Crippen molar-refractivity contribution in [3.05, 3.63) is 40.4 Å². The number of unbranched alkanes of at least 4 members (excludes halogenated alkanes) is 1. The molecule has 0 saturated carbocycles. The molecule has 0 spiro atoms. The Kier molecular flexibility index (Phi) is 4.73. The monoisotopic (exact) mass is 297 g/mol. The highest BCUT2D eigenvalue weighted by Gasteiger charge is 2.18. The molecule has 2 rings (SSSR count). The number of anilines is 1. The summed E-state index contributed by atoms with van der Waals surface area (Å²) in [4.78, 5) is 11.8. The fourth-order valence-electron chi connectivity index (χ4n) is 1.61. The van der Waals surface area contributed by atoms with Crippen LogP contribution in [-0.4, -0.2) is 16.1 Å². The van der Waals surface area contributed by atoms with Gasteiger partial charge in [-0.25, -0.2) is 8.78 Å². The van der Waals surface area contributed by atoms with Gasteiger partial charge in [0.15, 0.2) is 0 Å². The van der Waals surface area contributed by atoms with Crippen LogP contribution in [0.4, 0.5) is 13.9 Å². The average molecular weight is 297 g/mol. The Bertz CT molecular complexity index is 595. The van der Waals surface area contributed by atoms with E-state index < -0.39 is 23.1 Å². The standard InChI is InChI=1S/C13H13F2N3OS/c1-2-3-7-10-17-18-13(20-10)16-12(19)11-8(14)5-4-6-9(11)15/h4-6H,2-3,7H2,1H3,(H,16,18,19). The molecular formula is C13H13F2N3OS. The van der Waals surface area contributed by atoms with E-state index in [1.165, 1.54) is 17.4 Å². The molecule has 0 aliphatic heterocycles. The van der Waals surface area contributed by atoms with Crippen molar-refractivity contribution in [2.24, 2.45) is 0 Å². The van der Waals surface area contributed by atoms with Crippen molar-refractivity contribution < 1.29 is 13.6 Å². The number of benzene rings is 1. The number of amides is 1. The first-order chi connectivity index (χ1) is 9.61. The van der Waals surface area contributed by atoms with E-state index in [2.05, 4.69) is 22.4 Å². The molecule has 4 nitrogen and oxygen atoms in total. The highest BCUT2D eigenvalue weighted by molar-refractivity contribution is 7.15. The van der Waals surface area contributed by atoms with Crippen molar-refractivity contribution in [2.75, 3.05) is 5.32 Å². The molecule has 1 N–H and O–H groups in total. The number of aromatic nitrogens is 2. The number of hydrogen-bond acceptors (Lipinski definition) is 4. The summed E-state index contributed by atoms with van der Waals surface area (Å²) in [6.07, 6.45) is 2.78. The summed E-state index contributed by atoms with van der Waals surface area (Å²) in [6.45, 7) is 2.06. The third-order valence-electron chi connectivity index (χ3n) is 2.62. The summed E-state index contributed by atoms with van der Waals surface area (Å²) < 4.78 is 26.9. The fourth-order valence-corrected chi connectivity index (χ4v) is 2.38. The molecule has 0 atom stereocenters. The van der Waals surface area contributed by atoms with E-state index in [9.17, 15) is 13.6 Å². The zero-order chi connectivity index (χ0) is 14.5. The number of carbonyl (C=O) groups is 1. The molecule has 1 heterocycles. The van der Waals surface area contributed by atoms with Gasteiger partial charge < -0.3 is 0 Å². The van der Waals surface area contributed by atoms with Crippen molar-refractivity contribution in [1.82, 2.24) is 10.2 Å². The maximum absolute atomic E-state index is 13.4. The van der Waals surface area contributed by atoms with Gasteiger partial charge in [-0.15, -0.1) is 10.2 Å². The lowest BCUT2D eigenvalue weighted by atomic mass is 10.2. The average Bonchev–Trinajstić information content (AvgIpc) is 2.83. The van der Waals surface area contributed by atoms with Crippen LogP contribution >= 0.6 is 11.3 Å². The molecule has 0 aliphatic rings. The van der Waals surface area contributed by atoms with Gasteiger partial charge in [-0.05, 0) is 18.6 Å². The molecule has 106 valence electrons. The molecule has 0 bridgehead atoms. The molecule has 0 aliphatic carbocycles. The van der Waals surface area contributed by atoms with Crippen molar-refractivity contribution >= 4 is 22.4 Å². The van der Waals surface area contributed by atoms with Gasteiger partial charge in [0, 0.05) is 6.42 Å². The van der Waals surface area contributed by atoms with Gasteiger partial charge in [0.25, 0.3) is 5.91 Å². The minimum Gasteiger partial charge on any atom is -0.296 e. The minimum absolute atomic E-state index is 0.240. The molecule has 1 aromatic heterocycles. The summed E-state index contributed by atoms with van der Waals surface area (Å²) in [5, 5.41) is 11.1. The molecule has 1 amide bonds. The zero-order valence-electron chi connectivity index (χ0n) is 10.8. The van der Waals surface area contributed by atoms with Crippen molar-refractivity contribution in [3.8, 4) is 0 Å². The molecule has 7 heteroatoms. The van der Waals surface area contributed by atoms with Crippen LogP contribution in [0.2, 0.25) is 0 Å². The Labute approximate surface area is 118 Å². The molecule has 0 radical (unpaired) electrons. The Morgan fingerprint density at radius 2 is 2.00 bits per heavy atom. The normalized spacial score (nSPS) is 10.6. The number of carbonyl (C=O) groups excluding carboxylic acids is 1. The van der Waals surface area contributed by atoms with Crippen LogP contribution in [0.15, 0.2) is 18.2 Å². The lowest BCUT2D eigenvalue weighted by Gasteiger charge is -2.03. The van der Waals surface area contributed by atoms with Crippen LogP contribution in [0.5, 0.6) is 0 Å². The quantitative estimate of drug-likeness (QED) is 0.920. The second-order valence-corrected chi connectivity index (χ2v) is 5.22. The van der Waals surface area contributed by atoms with E-state index in [0.29, 0.717) is 0 Å². The third-order valence-corrected chi connectivity index (χ3v) is 3.52. The number of nitrogens with zero attached hydrogens (tertiary/aromatic N) is 2. The van der Waals surface area contributed by atoms with Gasteiger partial charge in [-0.1, -0.05) is 30.7 Å². The topological polar surface area (TPSA) is 54.9 Å².